The molecule has 6 aromatic rings. The number of rotatable bonds is 13. The number of hydrogen-bond donors (Lipinski definition) is 0. The number of ether oxygens (including phenoxy) is 2. The van der Waals surface area contributed by atoms with Crippen LogP contribution >= 0.6 is 19.7 Å². The molecule has 12 nitrogen and oxygen atoms in total. The third-order valence-corrected chi connectivity index (χ3v) is 19.2. The van der Waals surface area contributed by atoms with Crippen molar-refractivity contribution in [3.8, 4) is 23.0 Å². The summed E-state index contributed by atoms with van der Waals surface area (Å²) >= 11 is 0. The standard InChI is InChI=1S/C49H36F10N2O10PS2.2ClH/c50-37-27-35-41(39(52)43(37)70-73(64,65)48(54,55)56)68-42-36(28-38(51)44(40(42)53)71-74(66,67)49(57,58)59)47(35)34-26-29(18-19-33(34)46(63)69-47)45(62)61-23-21-60(22-24-61)20-10-11-25-72(30-12-4-1-5-13-30,31-14-6-2-7-15-31)32-16-8-3-9-17-32;;/h1-9,12-19,26-28H,10-11,20-25H2;2*1H/q+1;;/p-1. The summed E-state index contributed by atoms with van der Waals surface area (Å²) in [7, 11) is -15.8. The molecule has 1 saturated heterocycles. The number of halogens is 12. The van der Waals surface area contributed by atoms with Crippen molar-refractivity contribution in [3.63, 3.8) is 0 Å². The highest BCUT2D eigenvalue weighted by molar-refractivity contribution is 7.95. The predicted molar refractivity (Wildman–Crippen MR) is 255 cm³/mol. The Hall–Kier alpha value is -6.17. The molecule has 404 valence electrons. The van der Waals surface area contributed by atoms with Gasteiger partial charge in [0.2, 0.25) is 23.1 Å². The van der Waals surface area contributed by atoms with E-state index in [0.717, 1.165) is 37.2 Å². The lowest BCUT2D eigenvalue weighted by Crippen LogP contribution is -3.00. The lowest BCUT2D eigenvalue weighted by atomic mass is 9.76. The summed E-state index contributed by atoms with van der Waals surface area (Å²) in [6, 6.07) is 34.2. The van der Waals surface area contributed by atoms with Gasteiger partial charge in [-0.25, -0.2) is 13.6 Å². The van der Waals surface area contributed by atoms with Gasteiger partial charge >= 0.3 is 37.2 Å². The molecule has 0 bridgehead atoms. The Bertz CT molecular complexity index is 3230. The van der Waals surface area contributed by atoms with Gasteiger partial charge in [0.15, 0.2) is 28.7 Å². The topological polar surface area (TPSA) is 146 Å². The van der Waals surface area contributed by atoms with Crippen LogP contribution < -0.4 is 41.4 Å². The zero-order chi connectivity index (χ0) is 53.2. The van der Waals surface area contributed by atoms with Gasteiger partial charge in [0.25, 0.3) is 5.91 Å². The van der Waals surface area contributed by atoms with Crippen molar-refractivity contribution in [1.29, 1.82) is 0 Å². The normalized spacial score (nSPS) is 15.3. The van der Waals surface area contributed by atoms with E-state index < -0.39 is 125 Å². The first-order valence-electron chi connectivity index (χ1n) is 22.1. The summed E-state index contributed by atoms with van der Waals surface area (Å²) in [6.07, 6.45) is 2.53. The molecule has 3 aliphatic rings. The van der Waals surface area contributed by atoms with Gasteiger partial charge in [0.05, 0.1) is 22.9 Å². The summed E-state index contributed by atoms with van der Waals surface area (Å²) in [6.45, 7) is 1.79. The number of carbonyl (C=O) groups excluding carboxylic acids is 2. The van der Waals surface area contributed by atoms with Crippen molar-refractivity contribution in [2.75, 3.05) is 38.9 Å². The highest BCUT2D eigenvalue weighted by atomic mass is 35.5. The molecule has 0 aromatic heterocycles. The predicted octanol–water partition coefficient (Wildman–Crippen LogP) is 6.23. The minimum Gasteiger partial charge on any atom is -1.00 e. The van der Waals surface area contributed by atoms with Crippen molar-refractivity contribution >= 4 is 67.7 Å². The highest BCUT2D eigenvalue weighted by Gasteiger charge is 2.58. The van der Waals surface area contributed by atoms with Gasteiger partial charge < -0.3 is 35.1 Å². The Morgan fingerprint density at radius 1 is 0.618 bits per heavy atom. The van der Waals surface area contributed by atoms with E-state index in [-0.39, 0.29) is 55.6 Å². The van der Waals surface area contributed by atoms with Gasteiger partial charge in [-0.05, 0) is 86.1 Å². The second-order valence-electron chi connectivity index (χ2n) is 17.0. The van der Waals surface area contributed by atoms with Crippen molar-refractivity contribution in [1.82, 2.24) is 9.80 Å². The van der Waals surface area contributed by atoms with E-state index in [4.69, 9.17) is 9.47 Å². The Morgan fingerprint density at radius 2 is 1.05 bits per heavy atom. The van der Waals surface area contributed by atoms with E-state index in [1.807, 2.05) is 54.6 Å². The van der Waals surface area contributed by atoms with Gasteiger partial charge in [-0.2, -0.15) is 52.0 Å². The van der Waals surface area contributed by atoms with Gasteiger partial charge in [0, 0.05) is 37.3 Å². The maximum atomic E-state index is 16.3. The summed E-state index contributed by atoms with van der Waals surface area (Å²) in [5.41, 5.74) is -19.5. The molecule has 3 heterocycles. The fraction of sp³-hybridized carbons (Fsp3) is 0.224. The van der Waals surface area contributed by atoms with E-state index in [1.165, 1.54) is 20.8 Å². The SMILES string of the molecule is Cl.O=C1OC2(c3cc(C(=O)N4CCN(CCCC[P+](c5ccccc5)(c5ccccc5)c5ccccc5)CC4)ccc31)c1cc(F)c(OS(=O)(=O)C(F)(F)F)c(F)c1Oc1c2cc(F)c(OS(=O)(=O)C(F)(F)F)c1F.[Cl-]. The van der Waals surface area contributed by atoms with Gasteiger partial charge in [-0.3, -0.25) is 9.69 Å². The highest BCUT2D eigenvalue weighted by Crippen LogP contribution is 2.60. The first kappa shape index (κ1) is 57.5. The van der Waals surface area contributed by atoms with Gasteiger partial charge in [-0.15, -0.1) is 12.4 Å². The smallest absolute Gasteiger partial charge is 0.534 e. The average molecular weight is 1170 g/mol. The van der Waals surface area contributed by atoms with Crippen LogP contribution in [-0.4, -0.2) is 88.4 Å². The van der Waals surface area contributed by atoms with Crippen LogP contribution in [0.1, 0.15) is 50.2 Å². The van der Waals surface area contributed by atoms with E-state index in [2.05, 4.69) is 49.7 Å². The molecule has 0 saturated carbocycles. The Morgan fingerprint density at radius 3 is 1.47 bits per heavy atom. The lowest BCUT2D eigenvalue weighted by Gasteiger charge is -2.37. The quantitative estimate of drug-likeness (QED) is 0.0325. The second-order valence-corrected chi connectivity index (χ2v) is 23.7. The Labute approximate surface area is 439 Å². The number of carbonyl (C=O) groups is 2. The number of esters is 1. The first-order valence-corrected chi connectivity index (χ1v) is 26.9. The van der Waals surface area contributed by atoms with Crippen LogP contribution in [0.15, 0.2) is 121 Å². The fourth-order valence-electron chi connectivity index (χ4n) is 9.32. The van der Waals surface area contributed by atoms with Crippen LogP contribution in [0, 0.1) is 23.3 Å². The molecular formula is C49H37Cl2F10N2O10PS2. The third-order valence-electron chi connectivity index (χ3n) is 12.8. The molecule has 0 atom stereocenters. The zero-order valence-electron chi connectivity index (χ0n) is 38.5. The second kappa shape index (κ2) is 21.3. The van der Waals surface area contributed by atoms with Gasteiger partial charge in [-0.1, -0.05) is 54.6 Å². The van der Waals surface area contributed by atoms with Crippen molar-refractivity contribution in [2.45, 2.75) is 29.5 Å². The zero-order valence-corrected chi connectivity index (χ0v) is 42.6. The molecule has 27 heteroatoms. The maximum Gasteiger partial charge on any atom is 0.534 e. The van der Waals surface area contributed by atoms with Crippen LogP contribution in [0.3, 0.4) is 0 Å². The molecule has 0 aliphatic carbocycles. The summed E-state index contributed by atoms with van der Waals surface area (Å²) < 4.78 is 210. The van der Waals surface area contributed by atoms with Crippen molar-refractivity contribution in [2.24, 2.45) is 0 Å². The largest absolute Gasteiger partial charge is 1.00 e. The average Bonchev–Trinajstić information content (AvgIpc) is 3.66. The number of nitrogens with zero attached hydrogens (tertiary/aromatic N) is 2. The summed E-state index contributed by atoms with van der Waals surface area (Å²) in [4.78, 5) is 31.5. The minimum atomic E-state index is -6.87. The van der Waals surface area contributed by atoms with Crippen LogP contribution in [-0.2, 0) is 30.6 Å². The van der Waals surface area contributed by atoms with Gasteiger partial charge in [0.1, 0.15) is 23.2 Å². The van der Waals surface area contributed by atoms with Crippen LogP contribution in [0.25, 0.3) is 0 Å². The molecule has 9 rings (SSSR count). The molecule has 3 aliphatic heterocycles. The van der Waals surface area contributed by atoms with E-state index in [9.17, 15) is 52.8 Å². The van der Waals surface area contributed by atoms with Crippen LogP contribution in [0.2, 0.25) is 0 Å². The first-order chi connectivity index (χ1) is 34.9. The summed E-state index contributed by atoms with van der Waals surface area (Å²) in [5.74, 6) is -19.8. The Balaban J connectivity index is 0.00000420. The summed E-state index contributed by atoms with van der Waals surface area (Å²) in [5, 5.41) is 3.72. The molecule has 1 fully saturated rings. The molecule has 0 N–H and O–H groups in total. The molecule has 0 unspecified atom stereocenters. The fourth-order valence-corrected chi connectivity index (χ4v) is 14.7. The number of benzene rings is 6. The lowest BCUT2D eigenvalue weighted by molar-refractivity contribution is -0.0506. The van der Waals surface area contributed by atoms with Crippen molar-refractivity contribution < 1.29 is 101 Å². The maximum absolute atomic E-state index is 16.3. The van der Waals surface area contributed by atoms with Crippen LogP contribution in [0.4, 0.5) is 43.9 Å². The molecule has 6 aromatic carbocycles. The van der Waals surface area contributed by atoms with E-state index >= 15 is 17.6 Å². The molecule has 0 radical (unpaired) electrons. The molecule has 1 amide bonds. The van der Waals surface area contributed by atoms with E-state index in [1.54, 1.807) is 0 Å². The molecule has 1 spiro atoms. The van der Waals surface area contributed by atoms with E-state index in [0.29, 0.717) is 19.6 Å². The number of amides is 1. The number of fused-ring (bicyclic) bond motifs is 6. The third kappa shape index (κ3) is 10.0. The van der Waals surface area contributed by atoms with Crippen molar-refractivity contribution in [3.05, 3.63) is 172 Å². The molecule has 76 heavy (non-hydrogen) atoms. The monoisotopic (exact) mass is 1170 g/mol. The number of unbranched alkanes of at least 4 members (excludes halogenated alkanes) is 1. The number of hydrogen-bond acceptors (Lipinski definition) is 11. The minimum absolute atomic E-state index is 0. The van der Waals surface area contributed by atoms with Crippen LogP contribution in [0.5, 0.6) is 23.0 Å². The number of alkyl halides is 6. The Kier molecular flexibility index (Phi) is 16.2. The molecular weight excluding hydrogens is 1130 g/mol. The number of piperazine rings is 1.